The summed E-state index contributed by atoms with van der Waals surface area (Å²) in [5.74, 6) is 0. The van der Waals surface area contributed by atoms with Crippen LogP contribution in [0.15, 0.2) is 41.3 Å². The molecule has 3 N–H and O–H groups in total. The lowest BCUT2D eigenvalue weighted by Crippen LogP contribution is -2.34. The minimum Gasteiger partial charge on any atom is -0.336 e. The first-order valence-electron chi connectivity index (χ1n) is 8.82. The molecule has 6 nitrogen and oxygen atoms in total. The van der Waals surface area contributed by atoms with E-state index in [1.807, 2.05) is 32.9 Å². The standard InChI is InChI=1S/C20H27N3O3S/c1-13(2)22-20(24)23-18-8-6-17(7-9-18)12-21-27(25,26)19-15(4)10-14(3)11-16(19)5/h6-11,13,21H,12H2,1-5H3,(H2,22,23,24). The van der Waals surface area contributed by atoms with Gasteiger partial charge in [0.1, 0.15) is 0 Å². The minimum atomic E-state index is -3.61. The summed E-state index contributed by atoms with van der Waals surface area (Å²) in [6, 6.07) is 10.5. The van der Waals surface area contributed by atoms with Crippen molar-refractivity contribution in [2.75, 3.05) is 5.32 Å². The Labute approximate surface area is 161 Å². The van der Waals surface area contributed by atoms with E-state index in [0.29, 0.717) is 10.6 Å². The van der Waals surface area contributed by atoms with E-state index >= 15 is 0 Å². The molecule has 2 amide bonds. The molecule has 146 valence electrons. The molecule has 0 atom stereocenters. The summed E-state index contributed by atoms with van der Waals surface area (Å²) < 4.78 is 28.0. The Kier molecular flexibility index (Phi) is 6.62. The van der Waals surface area contributed by atoms with Gasteiger partial charge in [0.2, 0.25) is 10.0 Å². The van der Waals surface area contributed by atoms with Crippen molar-refractivity contribution in [3.8, 4) is 0 Å². The zero-order chi connectivity index (χ0) is 20.2. The Bertz CT molecular complexity index is 897. The molecule has 0 saturated heterocycles. The van der Waals surface area contributed by atoms with Gasteiger partial charge >= 0.3 is 6.03 Å². The van der Waals surface area contributed by atoms with Crippen LogP contribution in [0.3, 0.4) is 0 Å². The van der Waals surface area contributed by atoms with E-state index in [1.165, 1.54) is 0 Å². The first kappa shape index (κ1) is 20.9. The molecule has 0 radical (unpaired) electrons. The first-order chi connectivity index (χ1) is 12.6. The summed E-state index contributed by atoms with van der Waals surface area (Å²) in [5.41, 5.74) is 3.95. The molecule has 0 aliphatic carbocycles. The van der Waals surface area contributed by atoms with Crippen LogP contribution >= 0.6 is 0 Å². The number of carbonyl (C=O) groups is 1. The van der Waals surface area contributed by atoms with Gasteiger partial charge in [-0.25, -0.2) is 17.9 Å². The number of sulfonamides is 1. The molecule has 2 rings (SSSR count). The van der Waals surface area contributed by atoms with Crippen LogP contribution in [0.5, 0.6) is 0 Å². The van der Waals surface area contributed by atoms with Gasteiger partial charge in [0.05, 0.1) is 4.90 Å². The van der Waals surface area contributed by atoms with Crippen LogP contribution in [0.2, 0.25) is 0 Å². The zero-order valence-corrected chi connectivity index (χ0v) is 17.2. The van der Waals surface area contributed by atoms with Crippen molar-refractivity contribution in [1.82, 2.24) is 10.0 Å². The number of carbonyl (C=O) groups excluding carboxylic acids is 1. The van der Waals surface area contributed by atoms with E-state index in [1.54, 1.807) is 38.1 Å². The first-order valence-corrected chi connectivity index (χ1v) is 10.3. The Morgan fingerprint density at radius 3 is 2.07 bits per heavy atom. The summed E-state index contributed by atoms with van der Waals surface area (Å²) in [5, 5.41) is 5.47. The monoisotopic (exact) mass is 389 g/mol. The van der Waals surface area contributed by atoms with Gasteiger partial charge in [0.15, 0.2) is 0 Å². The Balaban J connectivity index is 2.05. The molecule has 2 aromatic carbocycles. The second-order valence-electron chi connectivity index (χ2n) is 7.00. The molecule has 0 aliphatic rings. The predicted octanol–water partition coefficient (Wildman–Crippen LogP) is 3.62. The second-order valence-corrected chi connectivity index (χ2v) is 8.71. The van der Waals surface area contributed by atoms with Crippen LogP contribution in [-0.4, -0.2) is 20.5 Å². The molecule has 0 heterocycles. The highest BCUT2D eigenvalue weighted by Gasteiger charge is 2.19. The summed E-state index contributed by atoms with van der Waals surface area (Å²) in [6.45, 7) is 9.49. The largest absolute Gasteiger partial charge is 0.336 e. The fourth-order valence-electron chi connectivity index (χ4n) is 2.98. The summed E-state index contributed by atoms with van der Waals surface area (Å²) >= 11 is 0. The van der Waals surface area contributed by atoms with Gasteiger partial charge in [-0.05, 0) is 63.4 Å². The van der Waals surface area contributed by atoms with E-state index < -0.39 is 10.0 Å². The number of aryl methyl sites for hydroxylation is 3. The topological polar surface area (TPSA) is 87.3 Å². The normalized spacial score (nSPS) is 11.5. The summed E-state index contributed by atoms with van der Waals surface area (Å²) in [7, 11) is -3.61. The molecular weight excluding hydrogens is 362 g/mol. The van der Waals surface area contributed by atoms with Gasteiger partial charge in [-0.1, -0.05) is 29.8 Å². The quantitative estimate of drug-likeness (QED) is 0.705. The van der Waals surface area contributed by atoms with Crippen molar-refractivity contribution >= 4 is 21.7 Å². The van der Waals surface area contributed by atoms with Crippen LogP contribution in [-0.2, 0) is 16.6 Å². The van der Waals surface area contributed by atoms with E-state index in [9.17, 15) is 13.2 Å². The molecule has 7 heteroatoms. The number of nitrogens with one attached hydrogen (secondary N) is 3. The fraction of sp³-hybridized carbons (Fsp3) is 0.350. The zero-order valence-electron chi connectivity index (χ0n) is 16.4. The van der Waals surface area contributed by atoms with Gasteiger partial charge < -0.3 is 10.6 Å². The Hall–Kier alpha value is -2.38. The third kappa shape index (κ3) is 5.80. The highest BCUT2D eigenvalue weighted by Crippen LogP contribution is 2.22. The van der Waals surface area contributed by atoms with E-state index in [4.69, 9.17) is 0 Å². The summed E-state index contributed by atoms with van der Waals surface area (Å²) in [6.07, 6.45) is 0. The molecule has 0 unspecified atom stereocenters. The smallest absolute Gasteiger partial charge is 0.319 e. The third-order valence-corrected chi connectivity index (χ3v) is 5.68. The molecule has 27 heavy (non-hydrogen) atoms. The van der Waals surface area contributed by atoms with Gasteiger partial charge in [-0.2, -0.15) is 0 Å². The second kappa shape index (κ2) is 8.54. The van der Waals surface area contributed by atoms with Crippen LogP contribution in [0.4, 0.5) is 10.5 Å². The molecule has 0 aliphatic heterocycles. The predicted molar refractivity (Wildman–Crippen MR) is 108 cm³/mol. The molecule has 0 saturated carbocycles. The highest BCUT2D eigenvalue weighted by atomic mass is 32.2. The number of anilines is 1. The maximum Gasteiger partial charge on any atom is 0.319 e. The van der Waals surface area contributed by atoms with Crippen molar-refractivity contribution in [2.24, 2.45) is 0 Å². The molecular formula is C20H27N3O3S. The van der Waals surface area contributed by atoms with Crippen molar-refractivity contribution in [2.45, 2.75) is 52.1 Å². The van der Waals surface area contributed by atoms with Crippen molar-refractivity contribution in [3.63, 3.8) is 0 Å². The van der Waals surface area contributed by atoms with Gasteiger partial charge in [0, 0.05) is 18.3 Å². The van der Waals surface area contributed by atoms with E-state index in [0.717, 1.165) is 22.3 Å². The fourth-order valence-corrected chi connectivity index (χ4v) is 4.44. The number of rotatable bonds is 6. The van der Waals surface area contributed by atoms with Crippen LogP contribution in [0.25, 0.3) is 0 Å². The average molecular weight is 390 g/mol. The van der Waals surface area contributed by atoms with E-state index in [2.05, 4.69) is 15.4 Å². The van der Waals surface area contributed by atoms with Crippen LogP contribution < -0.4 is 15.4 Å². The van der Waals surface area contributed by atoms with E-state index in [-0.39, 0.29) is 18.6 Å². The SMILES string of the molecule is Cc1cc(C)c(S(=O)(=O)NCc2ccc(NC(=O)NC(C)C)cc2)c(C)c1. The lowest BCUT2D eigenvalue weighted by molar-refractivity contribution is 0.250. The summed E-state index contributed by atoms with van der Waals surface area (Å²) in [4.78, 5) is 12.0. The number of benzene rings is 2. The van der Waals surface area contributed by atoms with Gasteiger partial charge in [-0.3, -0.25) is 0 Å². The lowest BCUT2D eigenvalue weighted by atomic mass is 10.1. The molecule has 0 bridgehead atoms. The van der Waals surface area contributed by atoms with Crippen molar-refractivity contribution in [3.05, 3.63) is 58.7 Å². The minimum absolute atomic E-state index is 0.0485. The highest BCUT2D eigenvalue weighted by molar-refractivity contribution is 7.89. The lowest BCUT2D eigenvalue weighted by Gasteiger charge is -2.13. The van der Waals surface area contributed by atoms with Gasteiger partial charge in [0.25, 0.3) is 0 Å². The number of hydrogen-bond acceptors (Lipinski definition) is 3. The van der Waals surface area contributed by atoms with Crippen LogP contribution in [0, 0.1) is 20.8 Å². The molecule has 0 aromatic heterocycles. The average Bonchev–Trinajstić information content (AvgIpc) is 2.52. The Morgan fingerprint density at radius 1 is 1.00 bits per heavy atom. The van der Waals surface area contributed by atoms with Gasteiger partial charge in [-0.15, -0.1) is 0 Å². The molecule has 0 spiro atoms. The molecule has 2 aromatic rings. The van der Waals surface area contributed by atoms with Crippen LogP contribution in [0.1, 0.15) is 36.1 Å². The van der Waals surface area contributed by atoms with Crippen molar-refractivity contribution < 1.29 is 13.2 Å². The maximum absolute atomic E-state index is 12.7. The maximum atomic E-state index is 12.7. The van der Waals surface area contributed by atoms with Crippen molar-refractivity contribution in [1.29, 1.82) is 0 Å². The number of urea groups is 1. The molecule has 0 fully saturated rings. The number of hydrogen-bond donors (Lipinski definition) is 3. The third-order valence-electron chi connectivity index (χ3n) is 3.97. The Morgan fingerprint density at radius 2 is 1.56 bits per heavy atom. The number of amides is 2.